The van der Waals surface area contributed by atoms with E-state index in [-0.39, 0.29) is 0 Å². The van der Waals surface area contributed by atoms with Crippen LogP contribution < -0.4 is 0 Å². The molecule has 1 amide bonds. The van der Waals surface area contributed by atoms with Gasteiger partial charge < -0.3 is 14.2 Å². The Morgan fingerprint density at radius 2 is 2.04 bits per heavy atom. The average molecular weight is 332 g/mol. The van der Waals surface area contributed by atoms with Crippen LogP contribution in [0.1, 0.15) is 31.5 Å². The number of amides is 1. The first-order chi connectivity index (χ1) is 11.8. The molecule has 2 fully saturated rings. The van der Waals surface area contributed by atoms with Crippen molar-refractivity contribution in [2.24, 2.45) is 11.8 Å². The van der Waals surface area contributed by atoms with E-state index in [2.05, 4.69) is 25.5 Å². The quantitative estimate of drug-likeness (QED) is 0.835. The standard InChI is InChI=1S/C18H28N4O2/c23-18-2-1-6-22(18)13-16-11-20(10-15-3-8-24-9-4-15)14-17-19-5-7-21(17)12-16/h5,7,15-16H,1-4,6,8-14H2/t16-/m0/s1. The van der Waals surface area contributed by atoms with Crippen LogP contribution in [0, 0.1) is 11.8 Å². The number of imidazole rings is 1. The van der Waals surface area contributed by atoms with Crippen LogP contribution in [0.15, 0.2) is 12.4 Å². The Bertz CT molecular complexity index is 567. The second kappa shape index (κ2) is 7.23. The van der Waals surface area contributed by atoms with Crippen LogP contribution in [-0.2, 0) is 22.6 Å². The largest absolute Gasteiger partial charge is 0.381 e. The van der Waals surface area contributed by atoms with Crippen LogP contribution in [0.5, 0.6) is 0 Å². The van der Waals surface area contributed by atoms with Crippen molar-refractivity contribution in [1.29, 1.82) is 0 Å². The first kappa shape index (κ1) is 16.1. The predicted octanol–water partition coefficient (Wildman–Crippen LogP) is 1.36. The minimum absolute atomic E-state index is 0.334. The molecule has 4 rings (SSSR count). The third-order valence-electron chi connectivity index (χ3n) is 5.65. The zero-order valence-corrected chi connectivity index (χ0v) is 14.4. The topological polar surface area (TPSA) is 50.6 Å². The molecule has 24 heavy (non-hydrogen) atoms. The molecule has 0 saturated carbocycles. The summed E-state index contributed by atoms with van der Waals surface area (Å²) in [5.41, 5.74) is 0. The van der Waals surface area contributed by atoms with E-state index in [0.717, 1.165) is 77.1 Å². The summed E-state index contributed by atoms with van der Waals surface area (Å²) in [5, 5.41) is 0. The monoisotopic (exact) mass is 332 g/mol. The minimum Gasteiger partial charge on any atom is -0.381 e. The summed E-state index contributed by atoms with van der Waals surface area (Å²) in [5.74, 6) is 2.72. The lowest BCUT2D eigenvalue weighted by molar-refractivity contribution is -0.128. The third kappa shape index (κ3) is 3.64. The van der Waals surface area contributed by atoms with Gasteiger partial charge in [-0.2, -0.15) is 0 Å². The van der Waals surface area contributed by atoms with Gasteiger partial charge in [-0.15, -0.1) is 0 Å². The molecule has 4 heterocycles. The number of carbonyl (C=O) groups excluding carboxylic acids is 1. The number of carbonyl (C=O) groups is 1. The predicted molar refractivity (Wildman–Crippen MR) is 90.4 cm³/mol. The van der Waals surface area contributed by atoms with E-state index < -0.39 is 0 Å². The number of fused-ring (bicyclic) bond motifs is 1. The van der Waals surface area contributed by atoms with Gasteiger partial charge in [0.05, 0.1) is 6.54 Å². The third-order valence-corrected chi connectivity index (χ3v) is 5.65. The van der Waals surface area contributed by atoms with Gasteiger partial charge in [0.1, 0.15) is 5.82 Å². The van der Waals surface area contributed by atoms with Gasteiger partial charge in [-0.3, -0.25) is 9.69 Å². The molecule has 0 spiro atoms. The van der Waals surface area contributed by atoms with Crippen LogP contribution in [0.3, 0.4) is 0 Å². The second-order valence-corrected chi connectivity index (χ2v) is 7.55. The van der Waals surface area contributed by atoms with Crippen LogP contribution in [0.25, 0.3) is 0 Å². The van der Waals surface area contributed by atoms with E-state index in [1.807, 2.05) is 6.20 Å². The molecule has 3 aliphatic heterocycles. The summed E-state index contributed by atoms with van der Waals surface area (Å²) in [6.45, 7) is 7.72. The molecule has 6 heteroatoms. The summed E-state index contributed by atoms with van der Waals surface area (Å²) < 4.78 is 7.79. The van der Waals surface area contributed by atoms with Crippen LogP contribution in [-0.4, -0.2) is 64.7 Å². The van der Waals surface area contributed by atoms with Crippen molar-refractivity contribution < 1.29 is 9.53 Å². The van der Waals surface area contributed by atoms with Crippen molar-refractivity contribution in [3.05, 3.63) is 18.2 Å². The molecule has 1 aromatic heterocycles. The molecule has 3 aliphatic rings. The van der Waals surface area contributed by atoms with Crippen molar-refractivity contribution >= 4 is 5.91 Å². The lowest BCUT2D eigenvalue weighted by atomic mass is 9.99. The maximum Gasteiger partial charge on any atom is 0.222 e. The summed E-state index contributed by atoms with van der Waals surface area (Å²) in [6.07, 6.45) is 8.08. The molecule has 0 bridgehead atoms. The summed E-state index contributed by atoms with van der Waals surface area (Å²) in [4.78, 5) is 21.2. The summed E-state index contributed by atoms with van der Waals surface area (Å²) >= 11 is 0. The Kier molecular flexibility index (Phi) is 4.85. The van der Waals surface area contributed by atoms with E-state index in [1.54, 1.807) is 0 Å². The van der Waals surface area contributed by atoms with E-state index in [9.17, 15) is 4.79 Å². The highest BCUT2D eigenvalue weighted by Gasteiger charge is 2.29. The number of nitrogens with zero attached hydrogens (tertiary/aromatic N) is 4. The molecule has 1 aromatic rings. The zero-order chi connectivity index (χ0) is 16.4. The average Bonchev–Trinajstić information content (AvgIpc) is 3.14. The maximum absolute atomic E-state index is 12.0. The Labute approximate surface area is 143 Å². The van der Waals surface area contributed by atoms with Gasteiger partial charge in [0.25, 0.3) is 0 Å². The van der Waals surface area contributed by atoms with Gasteiger partial charge in [-0.05, 0) is 25.2 Å². The fourth-order valence-corrected chi connectivity index (χ4v) is 4.38. The van der Waals surface area contributed by atoms with Gasteiger partial charge in [0.15, 0.2) is 0 Å². The van der Waals surface area contributed by atoms with Gasteiger partial charge in [-0.25, -0.2) is 4.98 Å². The molecular weight excluding hydrogens is 304 g/mol. The highest BCUT2D eigenvalue weighted by atomic mass is 16.5. The lowest BCUT2D eigenvalue weighted by Gasteiger charge is -2.31. The normalized spacial score (nSPS) is 26.6. The van der Waals surface area contributed by atoms with E-state index in [1.165, 1.54) is 12.8 Å². The zero-order valence-electron chi connectivity index (χ0n) is 14.4. The minimum atomic E-state index is 0.334. The van der Waals surface area contributed by atoms with Crippen LogP contribution in [0.2, 0.25) is 0 Å². The van der Waals surface area contributed by atoms with Gasteiger partial charge >= 0.3 is 0 Å². The van der Waals surface area contributed by atoms with Gasteiger partial charge in [-0.1, -0.05) is 0 Å². The number of likely N-dealkylation sites (tertiary alicyclic amines) is 1. The van der Waals surface area contributed by atoms with Crippen molar-refractivity contribution in [2.75, 3.05) is 39.4 Å². The molecule has 0 N–H and O–H groups in total. The number of hydrogen-bond donors (Lipinski definition) is 0. The Hall–Kier alpha value is -1.40. The Balaban J connectivity index is 1.44. The lowest BCUT2D eigenvalue weighted by Crippen LogP contribution is -2.39. The summed E-state index contributed by atoms with van der Waals surface area (Å²) in [7, 11) is 0. The molecule has 0 aliphatic carbocycles. The van der Waals surface area contributed by atoms with Gasteiger partial charge in [0, 0.05) is 70.7 Å². The molecule has 132 valence electrons. The molecule has 1 atom stereocenters. The highest BCUT2D eigenvalue weighted by Crippen LogP contribution is 2.22. The second-order valence-electron chi connectivity index (χ2n) is 7.55. The summed E-state index contributed by atoms with van der Waals surface area (Å²) in [6, 6.07) is 0. The smallest absolute Gasteiger partial charge is 0.222 e. The molecule has 0 unspecified atom stereocenters. The van der Waals surface area contributed by atoms with E-state index in [4.69, 9.17) is 4.74 Å². The number of ether oxygens (including phenoxy) is 1. The fourth-order valence-electron chi connectivity index (χ4n) is 4.38. The van der Waals surface area contributed by atoms with Crippen molar-refractivity contribution in [2.45, 2.75) is 38.8 Å². The molecule has 0 radical (unpaired) electrons. The van der Waals surface area contributed by atoms with Crippen LogP contribution in [0.4, 0.5) is 0 Å². The van der Waals surface area contributed by atoms with Crippen molar-refractivity contribution in [3.8, 4) is 0 Å². The highest BCUT2D eigenvalue weighted by molar-refractivity contribution is 5.78. The number of aromatic nitrogens is 2. The number of hydrogen-bond acceptors (Lipinski definition) is 4. The van der Waals surface area contributed by atoms with Crippen molar-refractivity contribution in [3.63, 3.8) is 0 Å². The number of rotatable bonds is 4. The van der Waals surface area contributed by atoms with E-state index >= 15 is 0 Å². The first-order valence-corrected chi connectivity index (χ1v) is 9.36. The Morgan fingerprint density at radius 3 is 2.83 bits per heavy atom. The van der Waals surface area contributed by atoms with E-state index in [0.29, 0.717) is 11.8 Å². The SMILES string of the molecule is O=C1CCCN1C[C@H]1CN(CC2CCOCC2)Cc2nccn2C1. The van der Waals surface area contributed by atoms with Gasteiger partial charge in [0.2, 0.25) is 5.91 Å². The fraction of sp³-hybridized carbons (Fsp3) is 0.778. The van der Waals surface area contributed by atoms with Crippen LogP contribution >= 0.6 is 0 Å². The molecular formula is C18H28N4O2. The first-order valence-electron chi connectivity index (χ1n) is 9.36. The molecule has 6 nitrogen and oxygen atoms in total. The maximum atomic E-state index is 12.0. The Morgan fingerprint density at radius 1 is 1.17 bits per heavy atom. The molecule has 0 aromatic carbocycles. The van der Waals surface area contributed by atoms with Crippen molar-refractivity contribution in [1.82, 2.24) is 19.4 Å². The molecule has 2 saturated heterocycles.